The van der Waals surface area contributed by atoms with Crippen molar-refractivity contribution in [1.82, 2.24) is 0 Å². The molecule has 35 heteroatoms. The molecule has 2 aliphatic carbocycles. The monoisotopic (exact) mass is 1720 g/mol. The lowest BCUT2D eigenvalue weighted by Gasteiger charge is -2.08. The van der Waals surface area contributed by atoms with Crippen LogP contribution in [0.1, 0.15) is 165 Å². The third-order valence-electron chi connectivity index (χ3n) is 11.6. The summed E-state index contributed by atoms with van der Waals surface area (Å²) in [5.74, 6) is 0.143. The first-order valence-electron chi connectivity index (χ1n) is 26.4. The first-order chi connectivity index (χ1) is 41.8. The van der Waals surface area contributed by atoms with Crippen molar-refractivity contribution < 1.29 is 9.59 Å². The molecule has 6 rings (SSSR count). The number of unbranched alkanes of at least 4 members (excludes halogenated alkanes) is 16. The van der Waals surface area contributed by atoms with E-state index >= 15 is 0 Å². The summed E-state index contributed by atoms with van der Waals surface area (Å²) < 4.78 is 0. The molecule has 0 bridgehead atoms. The smallest absolute Gasteiger partial charge is 0.224 e. The minimum absolute atomic E-state index is 0.143. The number of carbonyl (C=O) groups is 2. The summed E-state index contributed by atoms with van der Waals surface area (Å²) in [6.45, 7) is 4.50. The van der Waals surface area contributed by atoms with Gasteiger partial charge in [0.15, 0.2) is 0 Å². The highest BCUT2D eigenvalue weighted by atomic mass is 35.5. The van der Waals surface area contributed by atoms with Gasteiger partial charge in [0.1, 0.15) is 0 Å². The summed E-state index contributed by atoms with van der Waals surface area (Å²) >= 11 is 14.8. The van der Waals surface area contributed by atoms with Crippen LogP contribution in [0.4, 0.5) is 11.4 Å². The van der Waals surface area contributed by atoms with Crippen LogP contribution in [0, 0.1) is 0 Å². The summed E-state index contributed by atoms with van der Waals surface area (Å²) in [6.07, 6.45) is 26.3. The van der Waals surface area contributed by atoms with Gasteiger partial charge in [-0.05, 0) is 106 Å². The number of rotatable bonds is 21. The maximum absolute atomic E-state index is 12.3. The van der Waals surface area contributed by atoms with E-state index in [1.165, 1.54) is 159 Å². The maximum Gasteiger partial charge on any atom is 0.224 e. The highest BCUT2D eigenvalue weighted by Crippen LogP contribution is 2.38. The first-order valence-corrected chi connectivity index (χ1v) is 65.4. The van der Waals surface area contributed by atoms with E-state index in [4.69, 9.17) is 39.7 Å². The number of amides is 1. The molecule has 4 aromatic carbocycles. The fourth-order valence-electron chi connectivity index (χ4n) is 8.03. The average Bonchev–Trinajstić information content (AvgIpc) is 2.79. The maximum atomic E-state index is 12.3. The molecule has 0 atom stereocenters. The molecule has 0 fully saturated rings. The van der Waals surface area contributed by atoms with Crippen LogP contribution in [0.25, 0.3) is 22.3 Å². The Kier molecular flexibility index (Phi) is 57.1. The van der Waals surface area contributed by atoms with Crippen molar-refractivity contribution in [3.8, 4) is 22.3 Å². The highest BCUT2D eigenvalue weighted by Gasteiger charge is 2.19. The second kappa shape index (κ2) is 59.2. The van der Waals surface area contributed by atoms with Gasteiger partial charge >= 0.3 is 0 Å². The number of hydrogen-bond acceptors (Lipinski definition) is 5. The van der Waals surface area contributed by atoms with Gasteiger partial charge in [-0.1, -0.05) is 177 Å². The second-order valence-corrected chi connectivity index (χ2v) is 67.4. The largest absolute Gasteiger partial charge is 0.399 e. The van der Waals surface area contributed by atoms with Crippen molar-refractivity contribution in [3.05, 3.63) is 107 Å². The van der Waals surface area contributed by atoms with E-state index in [1.54, 1.807) is 124 Å². The van der Waals surface area contributed by atoms with Crippen LogP contribution >= 0.6 is 11.6 Å². The van der Waals surface area contributed by atoms with Crippen LogP contribution < -0.4 is 11.1 Å². The molecule has 0 aliphatic heterocycles. The van der Waals surface area contributed by atoms with Crippen LogP contribution in [0.5, 0.6) is 0 Å². The normalized spacial score (nSPS) is 10.2. The minimum atomic E-state index is -0.187. The van der Waals surface area contributed by atoms with Gasteiger partial charge in [-0.25, -0.2) is 0 Å². The van der Waals surface area contributed by atoms with E-state index in [9.17, 15) is 9.59 Å². The lowest BCUT2D eigenvalue weighted by molar-refractivity contribution is -0.116. The number of nitrogens with two attached hydrogens (primary N) is 1. The molecule has 85 heavy (non-hydrogen) atoms. The Balaban J connectivity index is 0.000000312. The third-order valence-corrected chi connectivity index (χ3v) is 71.8. The summed E-state index contributed by atoms with van der Waals surface area (Å²) in [6, 6.07) is 29.6. The number of carbonyl (C=O) groups excluding carboxylic acids is 2. The second-order valence-electron chi connectivity index (χ2n) is 17.4. The van der Waals surface area contributed by atoms with E-state index in [0.29, 0.717) is 12.8 Å². The highest BCUT2D eigenvalue weighted by molar-refractivity contribution is 8.80. The molecule has 476 valence electrons. The fraction of sp³-hybridized carbons (Fsp3) is 0.480. The zero-order valence-corrected chi connectivity index (χ0v) is 71.4. The van der Waals surface area contributed by atoms with Crippen LogP contribution in [-0.2, 0) is 293 Å². The molecule has 0 saturated heterocycles. The van der Waals surface area contributed by atoms with Crippen molar-refractivity contribution in [2.24, 2.45) is 0 Å². The minimum Gasteiger partial charge on any atom is -0.399 e. The van der Waals surface area contributed by atoms with E-state index in [0.717, 1.165) is 43.5 Å². The van der Waals surface area contributed by atoms with Gasteiger partial charge in [-0.2, -0.15) is 0 Å². The number of benzene rings is 4. The summed E-state index contributed by atoms with van der Waals surface area (Å²) in [5.41, 5.74) is 18.3. The van der Waals surface area contributed by atoms with Crippen LogP contribution in [0.3, 0.4) is 0 Å². The number of nitrogens with one attached hydrogen (secondary N) is 1. The summed E-state index contributed by atoms with van der Waals surface area (Å²) in [7, 11) is 49.1. The molecule has 0 saturated carbocycles. The SMILES string of the molecule is CCCCCCCCCCCC(=O)Cl.CCCCCCCCCCCC(=O)Nc1ccc2c(c1)-c1ccccc1C2.Nc1ccc2c(c1)-c1ccccc1C2.S=S=S=S=S=S=S=S=S=S=S=S=S=S=S=S=S=S=S=S=S=S=S=S=S=S=S=S=S=S. The molecule has 0 aromatic heterocycles. The average molecular weight is 1730 g/mol. The molecule has 2 aliphatic rings. The molecule has 0 unspecified atom stereocenters. The first kappa shape index (κ1) is 81.9. The molecule has 0 heterocycles. The van der Waals surface area contributed by atoms with E-state index in [1.807, 2.05) is 119 Å². The topological polar surface area (TPSA) is 72.2 Å². The molecule has 0 spiro atoms. The molecule has 0 radical (unpaired) electrons. The molecule has 4 aromatic rings. The standard InChI is InChI=1S/C25H33NO.C13H11N.C12H23ClO.S30/c1-2-3-4-5-6-7-8-9-10-15-25(27)26-22-17-16-21-18-20-13-11-12-14-23(20)24(21)19-22;14-11-6-5-10-7-9-3-1-2-4-12(9)13(10)8-11;1-2-3-4-5-6-7-8-9-10-11-12(13)14;1-3-5-7-9-11-13-15-17-19-21-23-25-27-29-30-28-26-24-22-20-18-16-14-12-10-8-6-4-2/h11-14,16-17,19H,2-10,15,18H2,1H3,(H,26,27);1-6,8H,7,14H2;2-11H2,1H3;. The van der Waals surface area contributed by atoms with Crippen molar-refractivity contribution in [2.75, 3.05) is 11.1 Å². The van der Waals surface area contributed by atoms with Crippen molar-refractivity contribution in [1.29, 1.82) is 0 Å². The number of fused-ring (bicyclic) bond motifs is 6. The number of anilines is 2. The van der Waals surface area contributed by atoms with Crippen molar-refractivity contribution >= 4 is 305 Å². The predicted molar refractivity (Wildman–Crippen MR) is 458 cm³/mol. The van der Waals surface area contributed by atoms with Gasteiger partial charge in [0.2, 0.25) is 11.1 Å². The molecule has 1 amide bonds. The van der Waals surface area contributed by atoms with Gasteiger partial charge in [0.05, 0.1) is 0 Å². The fourth-order valence-corrected chi connectivity index (χ4v) is 79.5. The molecular formula is C50H67ClN2O2S30. The Morgan fingerprint density at radius 3 is 1.06 bits per heavy atom. The van der Waals surface area contributed by atoms with Gasteiger partial charge < -0.3 is 11.1 Å². The lowest BCUT2D eigenvalue weighted by atomic mass is 10.0. The predicted octanol–water partition coefficient (Wildman–Crippen LogP) is 14.6. The molecule has 4 nitrogen and oxygen atoms in total. The van der Waals surface area contributed by atoms with Gasteiger partial charge in [0.25, 0.3) is 0 Å². The number of halogens is 1. The Labute approximate surface area is 600 Å². The quantitative estimate of drug-likeness (QED) is 0.0427. The molecule has 3 N–H and O–H groups in total. The van der Waals surface area contributed by atoms with E-state index in [-0.39, 0.29) is 11.1 Å². The van der Waals surface area contributed by atoms with Crippen LogP contribution in [-0.4, -0.2) is 11.1 Å². The van der Waals surface area contributed by atoms with Gasteiger partial charge in [0, 0.05) is 295 Å². The van der Waals surface area contributed by atoms with Crippen molar-refractivity contribution in [2.45, 2.75) is 155 Å². The Morgan fingerprint density at radius 1 is 0.388 bits per heavy atom. The Morgan fingerprint density at radius 2 is 0.694 bits per heavy atom. The summed E-state index contributed by atoms with van der Waals surface area (Å²) in [5, 5.41) is 2.90. The molecular weight excluding hydrogens is 1660 g/mol. The van der Waals surface area contributed by atoms with Crippen LogP contribution in [0.15, 0.2) is 84.9 Å². The number of nitrogen functional groups attached to an aromatic ring is 1. The lowest BCUT2D eigenvalue weighted by Crippen LogP contribution is -2.11. The zero-order valence-electron chi connectivity index (χ0n) is 46.2. The Hall–Kier alpha value is 2.71. The summed E-state index contributed by atoms with van der Waals surface area (Å²) in [4.78, 5) is 22.7. The van der Waals surface area contributed by atoms with E-state index in [2.05, 4.69) is 92.0 Å². The number of hydrogen-bond donors (Lipinski definition) is 2. The third kappa shape index (κ3) is 43.4. The van der Waals surface area contributed by atoms with Gasteiger partial charge in [-0.3, -0.25) is 9.59 Å². The zero-order chi connectivity index (χ0) is 60.9. The Bertz CT molecular complexity index is 4010. The van der Waals surface area contributed by atoms with Crippen molar-refractivity contribution in [3.63, 3.8) is 0 Å². The van der Waals surface area contributed by atoms with Gasteiger partial charge in [-0.15, -0.1) is 0 Å². The van der Waals surface area contributed by atoms with E-state index < -0.39 is 0 Å². The van der Waals surface area contributed by atoms with Crippen LogP contribution in [0.2, 0.25) is 0 Å².